The number of sulfone groups is 1. The van der Waals surface area contributed by atoms with E-state index in [9.17, 15) is 12.8 Å². The molecule has 5 heterocycles. The van der Waals surface area contributed by atoms with Gasteiger partial charge in [-0.25, -0.2) is 22.2 Å². The van der Waals surface area contributed by atoms with Gasteiger partial charge < -0.3 is 4.98 Å². The van der Waals surface area contributed by atoms with Crippen molar-refractivity contribution >= 4 is 31.8 Å². The Morgan fingerprint density at radius 2 is 1.73 bits per heavy atom. The highest BCUT2D eigenvalue weighted by Gasteiger charge is 2.19. The highest BCUT2D eigenvalue weighted by Crippen LogP contribution is 2.34. The van der Waals surface area contributed by atoms with Gasteiger partial charge in [0, 0.05) is 47.9 Å². The average Bonchev–Trinajstić information content (AvgIpc) is 3.65. The number of piperidine rings is 1. The van der Waals surface area contributed by atoms with E-state index < -0.39 is 21.5 Å². The van der Waals surface area contributed by atoms with E-state index in [2.05, 4.69) is 36.1 Å². The van der Waals surface area contributed by atoms with Crippen LogP contribution in [0, 0.1) is 11.6 Å². The minimum absolute atomic E-state index is 0.0929. The number of nitrogens with zero attached hydrogens (tertiary/aromatic N) is 5. The van der Waals surface area contributed by atoms with Crippen LogP contribution in [0.3, 0.4) is 0 Å². The smallest absolute Gasteiger partial charge is 0.157 e. The first-order valence-electron chi connectivity index (χ1n) is 14.9. The zero-order valence-corrected chi connectivity index (χ0v) is 25.5. The summed E-state index contributed by atoms with van der Waals surface area (Å²) in [5, 5.41) is 7.73. The predicted octanol–water partition coefficient (Wildman–Crippen LogP) is 6.08. The summed E-state index contributed by atoms with van der Waals surface area (Å²) in [6.07, 6.45) is 10.2. The van der Waals surface area contributed by atoms with Crippen molar-refractivity contribution < 1.29 is 17.2 Å². The van der Waals surface area contributed by atoms with Crippen LogP contribution in [0.5, 0.6) is 0 Å². The number of halogens is 2. The van der Waals surface area contributed by atoms with Crippen molar-refractivity contribution in [2.75, 3.05) is 25.1 Å². The number of aromatic nitrogens is 6. The van der Waals surface area contributed by atoms with E-state index in [4.69, 9.17) is 4.98 Å². The molecule has 0 spiro atoms. The summed E-state index contributed by atoms with van der Waals surface area (Å²) in [5.74, 6) is -0.637. The molecule has 0 saturated carbocycles. The van der Waals surface area contributed by atoms with Gasteiger partial charge in [-0.15, -0.1) is 0 Å². The molecule has 7 rings (SSSR count). The fraction of sp³-hybridized carbons (Fsp3) is 0.273. The van der Waals surface area contributed by atoms with Gasteiger partial charge in [0.05, 0.1) is 17.0 Å². The van der Waals surface area contributed by atoms with Crippen molar-refractivity contribution in [1.82, 2.24) is 35.0 Å². The number of aromatic amines is 2. The van der Waals surface area contributed by atoms with Gasteiger partial charge in [-0.1, -0.05) is 6.42 Å². The summed E-state index contributed by atoms with van der Waals surface area (Å²) in [5.41, 5.74) is 5.83. The molecule has 12 heteroatoms. The van der Waals surface area contributed by atoms with Crippen LogP contribution >= 0.6 is 0 Å². The lowest BCUT2D eigenvalue weighted by Crippen LogP contribution is -2.29. The Morgan fingerprint density at radius 1 is 0.911 bits per heavy atom. The molecule has 2 N–H and O–H groups in total. The van der Waals surface area contributed by atoms with Crippen molar-refractivity contribution in [2.45, 2.75) is 32.2 Å². The third-order valence-corrected chi connectivity index (χ3v) is 9.17. The third-order valence-electron chi connectivity index (χ3n) is 8.23. The van der Waals surface area contributed by atoms with E-state index in [0.717, 1.165) is 37.0 Å². The number of pyridine rings is 2. The van der Waals surface area contributed by atoms with E-state index in [1.807, 2.05) is 12.3 Å². The van der Waals surface area contributed by atoms with Crippen LogP contribution in [0.1, 0.15) is 30.4 Å². The number of rotatable bonds is 8. The van der Waals surface area contributed by atoms with Crippen molar-refractivity contribution in [3.63, 3.8) is 0 Å². The lowest BCUT2D eigenvalue weighted by molar-refractivity contribution is 0.220. The van der Waals surface area contributed by atoms with Crippen LogP contribution in [0.4, 0.5) is 8.78 Å². The van der Waals surface area contributed by atoms with Gasteiger partial charge in [0.15, 0.2) is 11.6 Å². The van der Waals surface area contributed by atoms with E-state index in [1.165, 1.54) is 37.5 Å². The summed E-state index contributed by atoms with van der Waals surface area (Å²) < 4.78 is 53.4. The average molecular weight is 628 g/mol. The molecule has 9 nitrogen and oxygen atoms in total. The monoisotopic (exact) mass is 627 g/mol. The minimum Gasteiger partial charge on any atom is -0.337 e. The van der Waals surface area contributed by atoms with Crippen LogP contribution in [0.2, 0.25) is 0 Å². The molecule has 0 unspecified atom stereocenters. The summed E-state index contributed by atoms with van der Waals surface area (Å²) in [7, 11) is -3.22. The number of imidazole rings is 1. The SMILES string of the molecule is CS(=O)(=O)CCc1cc(F)cc(-c2nccc3[nH]c(-c4[nH]nc5c(F)cc(-c6cncc(CN7CCCCC7)c6)cc45)nc23)c1. The number of fused-ring (bicyclic) bond motifs is 2. The van der Waals surface area contributed by atoms with Gasteiger partial charge in [0.1, 0.15) is 32.4 Å². The van der Waals surface area contributed by atoms with Gasteiger partial charge in [-0.3, -0.25) is 20.0 Å². The number of nitrogens with one attached hydrogen (secondary N) is 2. The predicted molar refractivity (Wildman–Crippen MR) is 170 cm³/mol. The molecule has 2 aromatic carbocycles. The lowest BCUT2D eigenvalue weighted by atomic mass is 10.0. The Morgan fingerprint density at radius 3 is 2.56 bits per heavy atom. The Balaban J connectivity index is 1.25. The number of hydrogen-bond acceptors (Lipinski definition) is 7. The lowest BCUT2D eigenvalue weighted by Gasteiger charge is -2.26. The summed E-state index contributed by atoms with van der Waals surface area (Å²) in [6.45, 7) is 2.95. The maximum Gasteiger partial charge on any atom is 0.157 e. The molecule has 1 saturated heterocycles. The number of benzene rings is 2. The van der Waals surface area contributed by atoms with E-state index in [0.29, 0.717) is 50.3 Å². The molecular formula is C33H31F2N7O2S. The second-order valence-electron chi connectivity index (χ2n) is 11.7. The van der Waals surface area contributed by atoms with Crippen molar-refractivity contribution in [2.24, 2.45) is 0 Å². The molecule has 1 aliphatic rings. The maximum atomic E-state index is 15.4. The molecule has 1 fully saturated rings. The molecule has 45 heavy (non-hydrogen) atoms. The van der Waals surface area contributed by atoms with Crippen LogP contribution in [-0.4, -0.2) is 68.5 Å². The number of hydrogen-bond donors (Lipinski definition) is 2. The number of aryl methyl sites for hydroxylation is 1. The zero-order valence-electron chi connectivity index (χ0n) is 24.6. The Hall–Kier alpha value is -4.55. The van der Waals surface area contributed by atoms with Crippen LogP contribution in [-0.2, 0) is 22.8 Å². The number of H-pyrrole nitrogens is 2. The Kier molecular flexibility index (Phi) is 7.62. The molecular weight excluding hydrogens is 596 g/mol. The molecule has 0 amide bonds. The third kappa shape index (κ3) is 6.20. The molecule has 6 aromatic rings. The van der Waals surface area contributed by atoms with Crippen LogP contribution < -0.4 is 0 Å². The molecule has 0 radical (unpaired) electrons. The van der Waals surface area contributed by atoms with Gasteiger partial charge in [0.25, 0.3) is 0 Å². The van der Waals surface area contributed by atoms with Crippen molar-refractivity contribution in [1.29, 1.82) is 0 Å². The van der Waals surface area contributed by atoms with Crippen molar-refractivity contribution in [3.05, 3.63) is 83.8 Å². The van der Waals surface area contributed by atoms with Crippen LogP contribution in [0.15, 0.2) is 61.1 Å². The molecule has 4 aromatic heterocycles. The summed E-state index contributed by atoms with van der Waals surface area (Å²) in [4.78, 5) is 19.4. The van der Waals surface area contributed by atoms with Gasteiger partial charge in [0.2, 0.25) is 0 Å². The highest BCUT2D eigenvalue weighted by atomic mass is 32.2. The Labute approximate surface area is 258 Å². The molecule has 1 aliphatic heterocycles. The minimum atomic E-state index is -3.22. The quantitative estimate of drug-likeness (QED) is 0.210. The van der Waals surface area contributed by atoms with Crippen molar-refractivity contribution in [3.8, 4) is 33.9 Å². The zero-order chi connectivity index (χ0) is 31.1. The largest absolute Gasteiger partial charge is 0.337 e. The molecule has 0 atom stereocenters. The summed E-state index contributed by atoms with van der Waals surface area (Å²) >= 11 is 0. The van der Waals surface area contributed by atoms with Gasteiger partial charge >= 0.3 is 0 Å². The fourth-order valence-electron chi connectivity index (χ4n) is 6.03. The molecule has 0 aliphatic carbocycles. The summed E-state index contributed by atoms with van der Waals surface area (Å²) in [6, 6.07) is 11.6. The van der Waals surface area contributed by atoms with E-state index in [1.54, 1.807) is 24.5 Å². The highest BCUT2D eigenvalue weighted by molar-refractivity contribution is 7.90. The topological polar surface area (TPSA) is 121 Å². The first-order chi connectivity index (χ1) is 21.7. The van der Waals surface area contributed by atoms with Gasteiger partial charge in [-0.2, -0.15) is 5.10 Å². The number of likely N-dealkylation sites (tertiary alicyclic amines) is 1. The maximum absolute atomic E-state index is 15.4. The van der Waals surface area contributed by atoms with E-state index in [-0.39, 0.29) is 17.7 Å². The second-order valence-corrected chi connectivity index (χ2v) is 14.0. The van der Waals surface area contributed by atoms with Crippen LogP contribution in [0.25, 0.3) is 55.8 Å². The first kappa shape index (κ1) is 29.2. The molecule has 230 valence electrons. The van der Waals surface area contributed by atoms with E-state index >= 15 is 4.39 Å². The normalized spacial score (nSPS) is 14.5. The second kappa shape index (κ2) is 11.8. The fourth-order valence-corrected chi connectivity index (χ4v) is 6.64. The molecule has 0 bridgehead atoms. The Bertz CT molecular complexity index is 2150. The standard InChI is InChI=1S/C33H31F2N7O2S/c1-45(43,44)10-6-20-11-23(14-25(34)13-20)29-32-28(5-7-37-29)38-33(39-32)31-26-15-22(16-27(35)30(26)40-41-31)24-12-21(17-36-18-24)19-42-8-3-2-4-9-42/h5,7,11-18H,2-4,6,8-10,19H2,1H3,(H,38,39)(H,40,41). The first-order valence-corrected chi connectivity index (χ1v) is 16.9. The van der Waals surface area contributed by atoms with Gasteiger partial charge in [-0.05, 0) is 91.5 Å².